The summed E-state index contributed by atoms with van der Waals surface area (Å²) >= 11 is 0. The molecule has 4 N–H and O–H groups in total. The molecule has 0 fully saturated rings. The van der Waals surface area contributed by atoms with Crippen LogP contribution in [0.1, 0.15) is 84.5 Å². The van der Waals surface area contributed by atoms with Gasteiger partial charge in [0.05, 0.1) is 44.2 Å². The third kappa shape index (κ3) is 6.52. The average molecular weight is 637 g/mol. The molecule has 9 nitrogen and oxygen atoms in total. The van der Waals surface area contributed by atoms with Gasteiger partial charge in [0.1, 0.15) is 21.6 Å². The molecule has 0 amide bonds. The first kappa shape index (κ1) is 34.2. The van der Waals surface area contributed by atoms with Gasteiger partial charge in [-0.3, -0.25) is 9.59 Å². The van der Waals surface area contributed by atoms with Gasteiger partial charge in [-0.25, -0.2) is 8.42 Å². The number of carbonyl (C=O) groups excluding carboxylic acids is 2. The number of ketones is 2. The van der Waals surface area contributed by atoms with Crippen LogP contribution in [0, 0.1) is 0 Å². The zero-order valence-electron chi connectivity index (χ0n) is 26.2. The molecule has 228 valence electrons. The van der Waals surface area contributed by atoms with Crippen molar-refractivity contribution in [3.8, 4) is 11.5 Å². The van der Waals surface area contributed by atoms with E-state index in [0.717, 1.165) is 17.7 Å². The van der Waals surface area contributed by atoms with E-state index in [0.29, 0.717) is 11.3 Å². The standard InChI is InChI=1S/C34H34N2O7S.Na/c1-33(2,3)18-7-10-20(11-8-18)35-22-13-14-23(36-21-12-9-19(34(4,5)6)17-26(21)44(41,42)43)28-27(22)31(39)29-24(37)15-16-25(38)30(29)32(28)40;/h7-17,35-38H,1-6H3,(H,41,42,43);/q;+1/p-1. The van der Waals surface area contributed by atoms with Crippen LogP contribution in [-0.4, -0.2) is 34.8 Å². The number of phenols is 2. The number of hydrogen-bond acceptors (Lipinski definition) is 9. The van der Waals surface area contributed by atoms with E-state index in [1.165, 1.54) is 18.2 Å². The van der Waals surface area contributed by atoms with E-state index < -0.39 is 43.5 Å². The Morgan fingerprint density at radius 3 is 1.47 bits per heavy atom. The van der Waals surface area contributed by atoms with E-state index in [1.807, 2.05) is 45.0 Å². The Morgan fingerprint density at radius 2 is 1.02 bits per heavy atom. The Kier molecular flexibility index (Phi) is 9.06. The van der Waals surface area contributed by atoms with Gasteiger partial charge in [0, 0.05) is 5.69 Å². The predicted molar refractivity (Wildman–Crippen MR) is 168 cm³/mol. The molecule has 0 aromatic heterocycles. The molecule has 0 aliphatic heterocycles. The minimum atomic E-state index is -4.96. The summed E-state index contributed by atoms with van der Waals surface area (Å²) < 4.78 is 37.0. The molecule has 45 heavy (non-hydrogen) atoms. The molecule has 0 spiro atoms. The number of rotatable bonds is 5. The zero-order chi connectivity index (χ0) is 32.4. The summed E-state index contributed by atoms with van der Waals surface area (Å²) in [4.78, 5) is 27.4. The van der Waals surface area contributed by atoms with Crippen molar-refractivity contribution >= 4 is 44.4 Å². The molecule has 1 aliphatic carbocycles. The second-order valence-corrected chi connectivity index (χ2v) is 14.3. The Hall–Kier alpha value is -3.67. The quantitative estimate of drug-likeness (QED) is 0.128. The third-order valence-electron chi connectivity index (χ3n) is 7.69. The minimum Gasteiger partial charge on any atom is -0.744 e. The SMILES string of the molecule is CC(C)(C)c1ccc(Nc2ccc(Nc3ccc(C(C)(C)C)cc3S(=O)(=O)[O-])c3c2C(=O)c2c(O)ccc(O)c2C3=O)cc1.[Na+]. The van der Waals surface area contributed by atoms with Crippen LogP contribution in [0.5, 0.6) is 11.5 Å². The van der Waals surface area contributed by atoms with Gasteiger partial charge in [0.2, 0.25) is 11.6 Å². The van der Waals surface area contributed by atoms with Crippen LogP contribution >= 0.6 is 0 Å². The summed E-state index contributed by atoms with van der Waals surface area (Å²) in [6, 6.07) is 17.3. The van der Waals surface area contributed by atoms with Crippen LogP contribution < -0.4 is 40.2 Å². The summed E-state index contributed by atoms with van der Waals surface area (Å²) in [6.45, 7) is 11.9. The molecule has 0 saturated heterocycles. The maximum absolute atomic E-state index is 14.0. The number of anilines is 4. The minimum absolute atomic E-state index is 0. The number of phenolic OH excluding ortho intramolecular Hbond substituents is 2. The molecule has 0 bridgehead atoms. The molecule has 1 aliphatic rings. The number of hydrogen-bond donors (Lipinski definition) is 4. The monoisotopic (exact) mass is 636 g/mol. The number of fused-ring (bicyclic) bond motifs is 2. The fourth-order valence-electron chi connectivity index (χ4n) is 5.23. The topological polar surface area (TPSA) is 156 Å². The van der Waals surface area contributed by atoms with Gasteiger partial charge >= 0.3 is 29.6 Å². The molecule has 0 unspecified atom stereocenters. The molecule has 0 saturated carbocycles. The van der Waals surface area contributed by atoms with Crippen LogP contribution in [0.2, 0.25) is 0 Å². The van der Waals surface area contributed by atoms with Gasteiger partial charge in [-0.2, -0.15) is 0 Å². The fraction of sp³-hybridized carbons (Fsp3) is 0.235. The molecule has 11 heteroatoms. The van der Waals surface area contributed by atoms with E-state index in [1.54, 1.807) is 12.1 Å². The van der Waals surface area contributed by atoms with Crippen LogP contribution in [-0.2, 0) is 20.9 Å². The van der Waals surface area contributed by atoms with Crippen molar-refractivity contribution in [1.29, 1.82) is 0 Å². The van der Waals surface area contributed by atoms with Crippen molar-refractivity contribution in [3.63, 3.8) is 0 Å². The zero-order valence-corrected chi connectivity index (χ0v) is 29.0. The number of benzene rings is 4. The summed E-state index contributed by atoms with van der Waals surface area (Å²) in [5, 5.41) is 27.2. The summed E-state index contributed by atoms with van der Waals surface area (Å²) in [7, 11) is -4.96. The molecule has 4 aromatic carbocycles. The first-order valence-electron chi connectivity index (χ1n) is 13.9. The predicted octanol–water partition coefficient (Wildman–Crippen LogP) is 3.86. The first-order valence-corrected chi connectivity index (χ1v) is 15.3. The summed E-state index contributed by atoms with van der Waals surface area (Å²) in [5.41, 5.74) is 1.02. The molecule has 0 radical (unpaired) electrons. The van der Waals surface area contributed by atoms with E-state index in [9.17, 15) is 32.8 Å². The van der Waals surface area contributed by atoms with Crippen LogP contribution in [0.3, 0.4) is 0 Å². The Balaban J connectivity index is 0.00000461. The van der Waals surface area contributed by atoms with Crippen LogP contribution in [0.15, 0.2) is 71.6 Å². The molecule has 4 aromatic rings. The molecule has 5 rings (SSSR count). The van der Waals surface area contributed by atoms with Crippen LogP contribution in [0.4, 0.5) is 22.7 Å². The summed E-state index contributed by atoms with van der Waals surface area (Å²) in [5.74, 6) is -2.46. The molecular weight excluding hydrogens is 603 g/mol. The Labute approximate surface area is 284 Å². The van der Waals surface area contributed by atoms with Crippen molar-refractivity contribution in [2.75, 3.05) is 10.6 Å². The third-order valence-corrected chi connectivity index (χ3v) is 8.57. The van der Waals surface area contributed by atoms with Crippen LogP contribution in [0.25, 0.3) is 0 Å². The Bertz CT molecular complexity index is 1960. The van der Waals surface area contributed by atoms with Gasteiger partial charge < -0.3 is 25.4 Å². The Morgan fingerprint density at radius 1 is 0.600 bits per heavy atom. The van der Waals surface area contributed by atoms with Gasteiger partial charge in [-0.1, -0.05) is 59.7 Å². The molecular formula is C34H33N2NaO7S. The second kappa shape index (κ2) is 11.9. The van der Waals surface area contributed by atoms with Crippen molar-refractivity contribution in [1.82, 2.24) is 0 Å². The van der Waals surface area contributed by atoms with Gasteiger partial charge in [-0.05, 0) is 70.5 Å². The first-order chi connectivity index (χ1) is 20.4. The average Bonchev–Trinajstić information content (AvgIpc) is 2.92. The smallest absolute Gasteiger partial charge is 0.744 e. The van der Waals surface area contributed by atoms with Gasteiger partial charge in [0.15, 0.2) is 0 Å². The van der Waals surface area contributed by atoms with E-state index >= 15 is 0 Å². The second-order valence-electron chi connectivity index (χ2n) is 12.9. The van der Waals surface area contributed by atoms with Crippen molar-refractivity contribution in [3.05, 3.63) is 100 Å². The number of aromatic hydroxyl groups is 2. The summed E-state index contributed by atoms with van der Waals surface area (Å²) in [6.07, 6.45) is 0. The normalized spacial score (nSPS) is 13.0. The van der Waals surface area contributed by atoms with Gasteiger partial charge in [0.25, 0.3) is 0 Å². The maximum Gasteiger partial charge on any atom is 1.00 e. The van der Waals surface area contributed by atoms with Crippen molar-refractivity contribution in [2.45, 2.75) is 57.3 Å². The van der Waals surface area contributed by atoms with E-state index in [2.05, 4.69) is 31.4 Å². The number of nitrogens with one attached hydrogen (secondary N) is 2. The number of carbonyl (C=O) groups is 2. The fourth-order valence-corrected chi connectivity index (χ4v) is 5.89. The van der Waals surface area contributed by atoms with Crippen molar-refractivity contribution in [2.24, 2.45) is 0 Å². The van der Waals surface area contributed by atoms with Crippen molar-refractivity contribution < 1.29 is 62.3 Å². The van der Waals surface area contributed by atoms with Gasteiger partial charge in [-0.15, -0.1) is 0 Å². The van der Waals surface area contributed by atoms with E-state index in [4.69, 9.17) is 0 Å². The largest absolute Gasteiger partial charge is 1.00 e. The molecule has 0 heterocycles. The molecule has 0 atom stereocenters. The maximum atomic E-state index is 14.0. The van der Waals surface area contributed by atoms with E-state index in [-0.39, 0.29) is 74.3 Å².